The van der Waals surface area contributed by atoms with Crippen LogP contribution in [0.4, 0.5) is 0 Å². The van der Waals surface area contributed by atoms with Crippen molar-refractivity contribution in [2.75, 3.05) is 20.8 Å². The number of ether oxygens (including phenoxy) is 2. The van der Waals surface area contributed by atoms with E-state index in [0.717, 1.165) is 16.5 Å². The van der Waals surface area contributed by atoms with Crippen LogP contribution < -0.4 is 9.47 Å². The average molecular weight is 395 g/mol. The molecule has 8 heteroatoms. The first-order valence-corrected chi connectivity index (χ1v) is 9.23. The lowest BCUT2D eigenvalue weighted by molar-refractivity contribution is -0.138. The number of aromatic nitrogens is 2. The molecule has 1 amide bonds. The highest BCUT2D eigenvalue weighted by atomic mass is 16.5. The van der Waals surface area contributed by atoms with E-state index in [2.05, 4.69) is 10.2 Å². The molecule has 0 aliphatic carbocycles. The molecule has 1 aliphatic heterocycles. The number of rotatable bonds is 5. The molecule has 0 saturated heterocycles. The molecule has 0 fully saturated rings. The Bertz CT molecular complexity index is 1090. The van der Waals surface area contributed by atoms with E-state index < -0.39 is 12.0 Å². The van der Waals surface area contributed by atoms with Crippen molar-refractivity contribution in [2.24, 2.45) is 0 Å². The van der Waals surface area contributed by atoms with Crippen molar-refractivity contribution in [1.29, 1.82) is 0 Å². The molecule has 2 aromatic carbocycles. The van der Waals surface area contributed by atoms with Gasteiger partial charge >= 0.3 is 5.97 Å². The average Bonchev–Trinajstić information content (AvgIpc) is 3.21. The first-order valence-electron chi connectivity index (χ1n) is 9.23. The van der Waals surface area contributed by atoms with Gasteiger partial charge in [-0.25, -0.2) is 0 Å². The SMILES string of the molecule is COc1cc2c(cc1OC)C(CC(=O)O)N(C(=O)c1cccc3cn[nH]c13)CC2. The maximum Gasteiger partial charge on any atom is 0.305 e. The van der Waals surface area contributed by atoms with E-state index in [1.54, 1.807) is 36.4 Å². The summed E-state index contributed by atoms with van der Waals surface area (Å²) in [5, 5.41) is 17.2. The highest BCUT2D eigenvalue weighted by molar-refractivity contribution is 6.05. The van der Waals surface area contributed by atoms with Crippen LogP contribution in [-0.2, 0) is 11.2 Å². The molecule has 29 heavy (non-hydrogen) atoms. The molecule has 3 aromatic rings. The number of carboxylic acid groups (broad SMARTS) is 1. The van der Waals surface area contributed by atoms with Gasteiger partial charge in [0.25, 0.3) is 5.91 Å². The van der Waals surface area contributed by atoms with E-state index in [1.165, 1.54) is 7.11 Å². The number of nitrogens with one attached hydrogen (secondary N) is 1. The maximum atomic E-state index is 13.4. The van der Waals surface area contributed by atoms with Gasteiger partial charge in [0.15, 0.2) is 11.5 Å². The fourth-order valence-corrected chi connectivity index (χ4v) is 3.96. The molecule has 150 valence electrons. The summed E-state index contributed by atoms with van der Waals surface area (Å²) in [5.74, 6) is -0.115. The standard InChI is InChI=1S/C21H21N3O5/c1-28-17-8-12-6-7-24(16(10-19(25)26)15(12)9-18(17)29-2)21(27)14-5-3-4-13-11-22-23-20(13)14/h3-5,8-9,11,16H,6-7,10H2,1-2H3,(H,22,23)(H,25,26). The number of fused-ring (bicyclic) bond motifs is 2. The van der Waals surface area contributed by atoms with Gasteiger partial charge in [0.2, 0.25) is 0 Å². The van der Waals surface area contributed by atoms with Gasteiger partial charge in [-0.3, -0.25) is 14.7 Å². The quantitative estimate of drug-likeness (QED) is 0.688. The fourth-order valence-electron chi connectivity index (χ4n) is 3.96. The molecule has 1 aliphatic rings. The van der Waals surface area contributed by atoms with Crippen LogP contribution in [0.15, 0.2) is 36.5 Å². The molecular weight excluding hydrogens is 374 g/mol. The number of aliphatic carboxylic acids is 1. The Morgan fingerprint density at radius 1 is 1.24 bits per heavy atom. The molecular formula is C21H21N3O5. The van der Waals surface area contributed by atoms with Crippen molar-refractivity contribution < 1.29 is 24.2 Å². The largest absolute Gasteiger partial charge is 0.493 e. The second-order valence-corrected chi connectivity index (χ2v) is 6.91. The number of amides is 1. The van der Waals surface area contributed by atoms with Gasteiger partial charge in [-0.1, -0.05) is 12.1 Å². The van der Waals surface area contributed by atoms with Crippen LogP contribution in [0.5, 0.6) is 11.5 Å². The number of carbonyl (C=O) groups is 2. The smallest absolute Gasteiger partial charge is 0.305 e. The predicted octanol–water partition coefficient (Wildman–Crippen LogP) is 2.79. The zero-order valence-electron chi connectivity index (χ0n) is 16.1. The first kappa shape index (κ1) is 18.8. The Hall–Kier alpha value is -3.55. The lowest BCUT2D eigenvalue weighted by Gasteiger charge is -2.37. The molecule has 1 aromatic heterocycles. The third kappa shape index (κ3) is 3.26. The summed E-state index contributed by atoms with van der Waals surface area (Å²) >= 11 is 0. The number of aromatic amines is 1. The molecule has 0 bridgehead atoms. The Morgan fingerprint density at radius 3 is 2.72 bits per heavy atom. The van der Waals surface area contributed by atoms with Crippen LogP contribution in [0.1, 0.15) is 33.9 Å². The molecule has 1 atom stereocenters. The Labute approximate surface area is 167 Å². The highest BCUT2D eigenvalue weighted by Gasteiger charge is 2.34. The number of hydrogen-bond acceptors (Lipinski definition) is 5. The number of carbonyl (C=O) groups excluding carboxylic acids is 1. The van der Waals surface area contributed by atoms with Crippen molar-refractivity contribution in [2.45, 2.75) is 18.9 Å². The second-order valence-electron chi connectivity index (χ2n) is 6.91. The van der Waals surface area contributed by atoms with E-state index in [9.17, 15) is 14.7 Å². The van der Waals surface area contributed by atoms with E-state index in [1.807, 2.05) is 12.1 Å². The molecule has 4 rings (SSSR count). The third-order valence-corrected chi connectivity index (χ3v) is 5.34. The van der Waals surface area contributed by atoms with Gasteiger partial charge in [-0.15, -0.1) is 0 Å². The number of para-hydroxylation sites is 1. The van der Waals surface area contributed by atoms with Crippen molar-refractivity contribution in [3.05, 3.63) is 53.2 Å². The van der Waals surface area contributed by atoms with Gasteiger partial charge in [0.05, 0.1) is 44.0 Å². The minimum atomic E-state index is -0.977. The van der Waals surface area contributed by atoms with Crippen molar-refractivity contribution >= 4 is 22.8 Å². The van der Waals surface area contributed by atoms with Gasteiger partial charge in [-0.2, -0.15) is 5.10 Å². The number of hydrogen-bond donors (Lipinski definition) is 2. The van der Waals surface area contributed by atoms with E-state index in [4.69, 9.17) is 9.47 Å². The summed E-state index contributed by atoms with van der Waals surface area (Å²) in [6.07, 6.45) is 2.05. The van der Waals surface area contributed by atoms with Gasteiger partial charge < -0.3 is 19.5 Å². The zero-order valence-corrected chi connectivity index (χ0v) is 16.1. The number of methoxy groups -OCH3 is 2. The Balaban J connectivity index is 1.79. The predicted molar refractivity (Wildman–Crippen MR) is 105 cm³/mol. The molecule has 2 heterocycles. The molecule has 8 nitrogen and oxygen atoms in total. The van der Waals surface area contributed by atoms with E-state index >= 15 is 0 Å². The Morgan fingerprint density at radius 2 is 2.00 bits per heavy atom. The highest BCUT2D eigenvalue weighted by Crippen LogP contribution is 2.40. The summed E-state index contributed by atoms with van der Waals surface area (Å²) in [5.41, 5.74) is 2.84. The molecule has 0 spiro atoms. The van der Waals surface area contributed by atoms with Crippen LogP contribution in [0.2, 0.25) is 0 Å². The van der Waals surface area contributed by atoms with Crippen LogP contribution in [0.25, 0.3) is 10.9 Å². The number of benzene rings is 2. The Kier molecular flexibility index (Phi) is 4.84. The molecule has 2 N–H and O–H groups in total. The van der Waals surface area contributed by atoms with E-state index in [-0.39, 0.29) is 12.3 Å². The molecule has 0 radical (unpaired) electrons. The number of nitrogens with zero attached hydrogens (tertiary/aromatic N) is 2. The van der Waals surface area contributed by atoms with Crippen molar-refractivity contribution in [1.82, 2.24) is 15.1 Å². The first-order chi connectivity index (χ1) is 14.0. The summed E-state index contributed by atoms with van der Waals surface area (Å²) in [6, 6.07) is 8.42. The monoisotopic (exact) mass is 395 g/mol. The zero-order chi connectivity index (χ0) is 20.5. The fraction of sp³-hybridized carbons (Fsp3) is 0.286. The maximum absolute atomic E-state index is 13.4. The molecule has 1 unspecified atom stereocenters. The van der Waals surface area contributed by atoms with Crippen LogP contribution in [-0.4, -0.2) is 52.8 Å². The summed E-state index contributed by atoms with van der Waals surface area (Å²) in [4.78, 5) is 26.7. The van der Waals surface area contributed by atoms with Gasteiger partial charge in [0.1, 0.15) is 0 Å². The van der Waals surface area contributed by atoms with Gasteiger partial charge in [-0.05, 0) is 35.7 Å². The second kappa shape index (κ2) is 7.46. The minimum Gasteiger partial charge on any atom is -0.493 e. The lowest BCUT2D eigenvalue weighted by atomic mass is 9.89. The third-order valence-electron chi connectivity index (χ3n) is 5.34. The van der Waals surface area contributed by atoms with Crippen LogP contribution in [0.3, 0.4) is 0 Å². The minimum absolute atomic E-state index is 0.201. The van der Waals surface area contributed by atoms with Crippen LogP contribution in [0, 0.1) is 0 Å². The topological polar surface area (TPSA) is 105 Å². The normalized spacial score (nSPS) is 15.8. The number of H-pyrrole nitrogens is 1. The lowest BCUT2D eigenvalue weighted by Crippen LogP contribution is -2.41. The number of carboxylic acids is 1. The summed E-state index contributed by atoms with van der Waals surface area (Å²) < 4.78 is 10.8. The van der Waals surface area contributed by atoms with Crippen LogP contribution >= 0.6 is 0 Å². The summed E-state index contributed by atoms with van der Waals surface area (Å²) in [7, 11) is 3.09. The molecule has 0 saturated carbocycles. The van der Waals surface area contributed by atoms with E-state index in [0.29, 0.717) is 35.5 Å². The summed E-state index contributed by atoms with van der Waals surface area (Å²) in [6.45, 7) is 0.407. The van der Waals surface area contributed by atoms with Crippen molar-refractivity contribution in [3.63, 3.8) is 0 Å². The van der Waals surface area contributed by atoms with Gasteiger partial charge in [0, 0.05) is 11.9 Å². The van der Waals surface area contributed by atoms with Crippen molar-refractivity contribution in [3.8, 4) is 11.5 Å².